The number of aliphatic hydroxyl groups excluding tert-OH is 1. The fraction of sp³-hybridized carbons (Fsp3) is 0.844. The summed E-state index contributed by atoms with van der Waals surface area (Å²) in [4.78, 5) is 13.6. The highest BCUT2D eigenvalue weighted by molar-refractivity contribution is 6.99. The van der Waals surface area contributed by atoms with E-state index in [4.69, 9.17) is 14.6 Å². The molecular weight excluding hydrogens is 522 g/mol. The zero-order valence-corrected chi connectivity index (χ0v) is 27.6. The Morgan fingerprint density at radius 3 is 2.33 bits per heavy atom. The van der Waals surface area contributed by atoms with E-state index in [1.165, 1.54) is 56.7 Å². The van der Waals surface area contributed by atoms with E-state index >= 15 is 0 Å². The van der Waals surface area contributed by atoms with Crippen LogP contribution in [0.15, 0.2) is 6.08 Å². The van der Waals surface area contributed by atoms with Crippen molar-refractivity contribution in [1.82, 2.24) is 8.75 Å². The van der Waals surface area contributed by atoms with Gasteiger partial charge in [-0.05, 0) is 25.7 Å². The van der Waals surface area contributed by atoms with Gasteiger partial charge in [-0.3, -0.25) is 9.28 Å². The van der Waals surface area contributed by atoms with Crippen molar-refractivity contribution >= 4 is 23.3 Å². The molecule has 8 heteroatoms. The SMILES string of the molecule is CC.CCCCCCOc1nsnc1C1=CCC[N+](C)(C(C)OC(=O)C2(CCCCCC)CCCCC2)C1.CO. The molecule has 1 fully saturated rings. The van der Waals surface area contributed by atoms with E-state index in [-0.39, 0.29) is 17.6 Å². The Morgan fingerprint density at radius 2 is 1.68 bits per heavy atom. The van der Waals surface area contributed by atoms with Crippen molar-refractivity contribution in [3.8, 4) is 5.88 Å². The number of aliphatic hydroxyl groups is 1. The number of nitrogens with zero attached hydrogens (tertiary/aromatic N) is 3. The molecule has 0 amide bonds. The minimum atomic E-state index is -0.272. The number of aromatic nitrogens is 2. The van der Waals surface area contributed by atoms with Crippen LogP contribution in [0, 0.1) is 5.41 Å². The number of esters is 1. The highest BCUT2D eigenvalue weighted by Crippen LogP contribution is 2.43. The molecule has 2 atom stereocenters. The third kappa shape index (κ3) is 11.1. The van der Waals surface area contributed by atoms with Gasteiger partial charge in [-0.1, -0.05) is 98.0 Å². The molecule has 2 heterocycles. The maximum atomic E-state index is 13.6. The van der Waals surface area contributed by atoms with E-state index in [1.807, 2.05) is 13.8 Å². The summed E-state index contributed by atoms with van der Waals surface area (Å²) in [6.45, 7) is 12.9. The summed E-state index contributed by atoms with van der Waals surface area (Å²) in [6.07, 6.45) is 19.0. The Labute approximate surface area is 249 Å². The lowest BCUT2D eigenvalue weighted by molar-refractivity contribution is -0.944. The van der Waals surface area contributed by atoms with Gasteiger partial charge in [-0.25, -0.2) is 0 Å². The fourth-order valence-electron chi connectivity index (χ4n) is 5.80. The second-order valence-electron chi connectivity index (χ2n) is 11.4. The van der Waals surface area contributed by atoms with Crippen LogP contribution < -0.4 is 4.74 Å². The smallest absolute Gasteiger partial charge is 0.316 e. The summed E-state index contributed by atoms with van der Waals surface area (Å²) >= 11 is 1.22. The molecule has 40 heavy (non-hydrogen) atoms. The Bertz CT molecular complexity index is 838. The number of carbonyl (C=O) groups excluding carboxylic acids is 1. The molecule has 0 aromatic carbocycles. The molecule has 0 saturated heterocycles. The van der Waals surface area contributed by atoms with Crippen LogP contribution in [0.2, 0.25) is 0 Å². The molecule has 0 radical (unpaired) electrons. The Morgan fingerprint density at radius 1 is 1.02 bits per heavy atom. The number of hydrogen-bond acceptors (Lipinski definition) is 7. The van der Waals surface area contributed by atoms with E-state index in [0.29, 0.717) is 17.0 Å². The molecule has 1 aromatic rings. The van der Waals surface area contributed by atoms with Crippen molar-refractivity contribution < 1.29 is 23.9 Å². The van der Waals surface area contributed by atoms with Crippen LogP contribution in [0.25, 0.3) is 5.57 Å². The Kier molecular flexibility index (Phi) is 18.6. The lowest BCUT2D eigenvalue weighted by atomic mass is 9.71. The van der Waals surface area contributed by atoms with Gasteiger partial charge in [0.05, 0.1) is 37.3 Å². The lowest BCUT2D eigenvalue weighted by Gasteiger charge is -2.43. The molecule has 2 aliphatic rings. The third-order valence-corrected chi connectivity index (χ3v) is 8.98. The highest BCUT2D eigenvalue weighted by Gasteiger charge is 2.44. The monoisotopic (exact) mass is 582 g/mol. The molecule has 1 aliphatic carbocycles. The van der Waals surface area contributed by atoms with Gasteiger partial charge in [0.15, 0.2) is 0 Å². The van der Waals surface area contributed by atoms with Crippen molar-refractivity contribution in [3.63, 3.8) is 0 Å². The van der Waals surface area contributed by atoms with Gasteiger partial charge in [0.2, 0.25) is 6.23 Å². The zero-order chi connectivity index (χ0) is 29.9. The first-order valence-electron chi connectivity index (χ1n) is 16.1. The minimum Gasteiger partial charge on any atom is -0.475 e. The molecule has 0 spiro atoms. The van der Waals surface area contributed by atoms with Gasteiger partial charge in [0, 0.05) is 26.0 Å². The largest absolute Gasteiger partial charge is 0.475 e. The molecule has 1 saturated carbocycles. The summed E-state index contributed by atoms with van der Waals surface area (Å²) in [6, 6.07) is 0. The predicted molar refractivity (Wildman–Crippen MR) is 167 cm³/mol. The van der Waals surface area contributed by atoms with Crippen LogP contribution in [-0.2, 0) is 9.53 Å². The van der Waals surface area contributed by atoms with E-state index in [0.717, 1.165) is 82.8 Å². The standard InChI is InChI=1S/C29H50N3O3S.C2H6.CH4O/c1-5-7-9-12-18-29(19-13-11-14-20-29)28(33)35-24(3)32(4)21-16-17-25(23-32)26-27(31-36-30-26)34-22-15-10-8-6-2;2*1-2/h17,24H,5-16,18-23H2,1-4H3;1-2H3;2H,1H3/q+1;;. The molecule has 0 bridgehead atoms. The maximum absolute atomic E-state index is 13.6. The first kappa shape index (κ1) is 36.5. The lowest BCUT2D eigenvalue weighted by Crippen LogP contribution is -2.56. The molecule has 3 rings (SSSR count). The second-order valence-corrected chi connectivity index (χ2v) is 11.9. The van der Waals surface area contributed by atoms with Crippen LogP contribution >= 0.6 is 11.7 Å². The first-order valence-corrected chi connectivity index (χ1v) is 16.8. The van der Waals surface area contributed by atoms with Gasteiger partial charge < -0.3 is 14.6 Å². The molecule has 1 N–H and O–H groups in total. The zero-order valence-electron chi connectivity index (χ0n) is 26.8. The number of hydrogen-bond donors (Lipinski definition) is 1. The molecular formula is C32H60N3O4S+. The molecule has 1 aromatic heterocycles. The summed E-state index contributed by atoms with van der Waals surface area (Å²) in [7, 11) is 3.21. The first-order chi connectivity index (χ1) is 19.4. The Balaban J connectivity index is 0.00000191. The number of quaternary nitrogens is 1. The van der Waals surface area contributed by atoms with Crippen molar-refractivity contribution in [3.05, 3.63) is 11.8 Å². The number of ether oxygens (including phenoxy) is 2. The normalized spacial score (nSPS) is 20.6. The summed E-state index contributed by atoms with van der Waals surface area (Å²) in [5.41, 5.74) is 1.76. The second kappa shape index (κ2) is 20.4. The van der Waals surface area contributed by atoms with E-state index in [9.17, 15) is 4.79 Å². The van der Waals surface area contributed by atoms with Gasteiger partial charge in [-0.15, -0.1) is 4.37 Å². The summed E-state index contributed by atoms with van der Waals surface area (Å²) in [5.74, 6) is 0.710. The number of likely N-dealkylation sites (N-methyl/N-ethyl adjacent to an activating group) is 1. The van der Waals surface area contributed by atoms with E-state index in [2.05, 4.69) is 42.6 Å². The number of carbonyl (C=O) groups is 1. The molecule has 1 aliphatic heterocycles. The average molecular weight is 583 g/mol. The number of unbranched alkanes of at least 4 members (excludes halogenated alkanes) is 6. The van der Waals surface area contributed by atoms with Crippen LogP contribution in [0.3, 0.4) is 0 Å². The topological polar surface area (TPSA) is 81.5 Å². The van der Waals surface area contributed by atoms with Gasteiger partial charge in [0.1, 0.15) is 12.2 Å². The van der Waals surface area contributed by atoms with Crippen LogP contribution in [0.1, 0.15) is 137 Å². The highest BCUT2D eigenvalue weighted by atomic mass is 32.1. The summed E-state index contributed by atoms with van der Waals surface area (Å²) < 4.78 is 22.1. The van der Waals surface area contributed by atoms with Gasteiger partial charge in [-0.2, -0.15) is 4.37 Å². The molecule has 2 unspecified atom stereocenters. The third-order valence-electron chi connectivity index (χ3n) is 8.47. The molecule has 7 nitrogen and oxygen atoms in total. The van der Waals surface area contributed by atoms with Crippen LogP contribution in [-0.4, -0.2) is 64.4 Å². The van der Waals surface area contributed by atoms with E-state index < -0.39 is 0 Å². The predicted octanol–water partition coefficient (Wildman–Crippen LogP) is 8.18. The quantitative estimate of drug-likeness (QED) is 0.128. The van der Waals surface area contributed by atoms with Crippen molar-refractivity contribution in [1.29, 1.82) is 0 Å². The van der Waals surface area contributed by atoms with Crippen molar-refractivity contribution in [2.45, 2.75) is 137 Å². The van der Waals surface area contributed by atoms with Gasteiger partial charge in [0.25, 0.3) is 5.88 Å². The van der Waals surface area contributed by atoms with Crippen LogP contribution in [0.4, 0.5) is 0 Å². The van der Waals surface area contributed by atoms with Gasteiger partial charge >= 0.3 is 5.97 Å². The minimum absolute atomic E-state index is 0.0491. The van der Waals surface area contributed by atoms with Crippen molar-refractivity contribution in [2.75, 3.05) is 33.9 Å². The maximum Gasteiger partial charge on any atom is 0.316 e. The number of rotatable bonds is 15. The fourth-order valence-corrected chi connectivity index (χ4v) is 6.33. The average Bonchev–Trinajstić information content (AvgIpc) is 3.46. The van der Waals surface area contributed by atoms with Crippen molar-refractivity contribution in [2.24, 2.45) is 5.41 Å². The Hall–Kier alpha value is -1.51. The van der Waals surface area contributed by atoms with E-state index in [1.54, 1.807) is 0 Å². The molecule has 232 valence electrons. The summed E-state index contributed by atoms with van der Waals surface area (Å²) in [5, 5.41) is 7.00. The van der Waals surface area contributed by atoms with Crippen LogP contribution in [0.5, 0.6) is 5.88 Å².